The first-order valence-corrected chi connectivity index (χ1v) is 8.03. The average molecular weight is 345 g/mol. The molecule has 0 aliphatic carbocycles. The van der Waals surface area contributed by atoms with Crippen LogP contribution >= 0.6 is 11.6 Å². The van der Waals surface area contributed by atoms with Crippen LogP contribution in [0.5, 0.6) is 0 Å². The number of carbonyl (C=O) groups is 1. The Morgan fingerprint density at radius 1 is 1.13 bits per heavy atom. The summed E-state index contributed by atoms with van der Waals surface area (Å²) in [5.41, 5.74) is 16.6. The molecule has 7 N–H and O–H groups in total. The summed E-state index contributed by atoms with van der Waals surface area (Å²) in [4.78, 5) is 19.8. The van der Waals surface area contributed by atoms with Crippen LogP contribution in [0.4, 0.5) is 11.6 Å². The highest BCUT2D eigenvalue weighted by Crippen LogP contribution is 2.17. The first-order valence-electron chi connectivity index (χ1n) is 7.65. The van der Waals surface area contributed by atoms with Gasteiger partial charge in [0.05, 0.1) is 33.7 Å². The van der Waals surface area contributed by atoms with Crippen LogP contribution in [-0.2, 0) is 0 Å². The van der Waals surface area contributed by atoms with E-state index in [2.05, 4.69) is 29.4 Å². The lowest BCUT2D eigenvalue weighted by molar-refractivity contribution is -0.889. The number of aromatic nitrogens is 2. The Morgan fingerprint density at radius 3 is 2.48 bits per heavy atom. The van der Waals surface area contributed by atoms with Gasteiger partial charge >= 0.3 is 0 Å². The molecule has 130 valence electrons. The molecule has 9 heteroatoms. The SMILES string of the molecule is C[N+](C)(CCCCCN)CCNC(=O)c1nc(Cl)c(N)nc1N. The minimum atomic E-state index is -0.403. The molecule has 0 saturated carbocycles. The third-order valence-corrected chi connectivity index (χ3v) is 3.87. The second-order valence-electron chi connectivity index (χ2n) is 6.12. The fraction of sp³-hybridized carbons (Fsp3) is 0.643. The number of anilines is 2. The van der Waals surface area contributed by atoms with Crippen LogP contribution in [0, 0.1) is 0 Å². The van der Waals surface area contributed by atoms with E-state index in [1.54, 1.807) is 0 Å². The number of quaternary nitrogens is 1. The van der Waals surface area contributed by atoms with Gasteiger partial charge in [0.25, 0.3) is 5.91 Å². The van der Waals surface area contributed by atoms with Crippen LogP contribution < -0.4 is 22.5 Å². The summed E-state index contributed by atoms with van der Waals surface area (Å²) in [6, 6.07) is 0. The number of likely N-dealkylation sites (N-methyl/N-ethyl adjacent to an activating group) is 1. The zero-order chi connectivity index (χ0) is 17.5. The molecule has 0 unspecified atom stereocenters. The lowest BCUT2D eigenvalue weighted by atomic mass is 10.2. The van der Waals surface area contributed by atoms with E-state index in [1.807, 2.05) is 0 Å². The molecule has 1 aromatic heterocycles. The third kappa shape index (κ3) is 6.55. The monoisotopic (exact) mass is 344 g/mol. The molecule has 1 aromatic rings. The Labute approximate surface area is 142 Å². The van der Waals surface area contributed by atoms with E-state index in [1.165, 1.54) is 0 Å². The number of nitrogens with two attached hydrogens (primary N) is 3. The van der Waals surface area contributed by atoms with E-state index < -0.39 is 5.91 Å². The molecule has 0 saturated heterocycles. The molecular weight excluding hydrogens is 318 g/mol. The molecule has 0 aromatic carbocycles. The van der Waals surface area contributed by atoms with Crippen LogP contribution in [-0.4, -0.2) is 60.6 Å². The van der Waals surface area contributed by atoms with E-state index in [4.69, 9.17) is 28.8 Å². The Morgan fingerprint density at radius 2 is 1.83 bits per heavy atom. The summed E-state index contributed by atoms with van der Waals surface area (Å²) >= 11 is 5.77. The third-order valence-electron chi connectivity index (χ3n) is 3.59. The van der Waals surface area contributed by atoms with Gasteiger partial charge in [-0.3, -0.25) is 4.79 Å². The smallest absolute Gasteiger partial charge is 0.273 e. The Hall–Kier alpha value is -1.64. The number of amides is 1. The zero-order valence-electron chi connectivity index (χ0n) is 13.8. The van der Waals surface area contributed by atoms with Crippen LogP contribution in [0.1, 0.15) is 29.8 Å². The van der Waals surface area contributed by atoms with Crippen LogP contribution in [0.3, 0.4) is 0 Å². The molecule has 0 aliphatic rings. The molecule has 1 rings (SSSR count). The molecule has 0 bridgehead atoms. The van der Waals surface area contributed by atoms with Gasteiger partial charge in [-0.15, -0.1) is 0 Å². The fourth-order valence-corrected chi connectivity index (χ4v) is 2.26. The molecule has 0 atom stereocenters. The molecule has 0 fully saturated rings. The van der Waals surface area contributed by atoms with E-state index in [-0.39, 0.29) is 22.5 Å². The minimum absolute atomic E-state index is 0.00236. The summed E-state index contributed by atoms with van der Waals surface area (Å²) in [6.45, 7) is 3.07. The van der Waals surface area contributed by atoms with E-state index >= 15 is 0 Å². The number of nitrogens with one attached hydrogen (secondary N) is 1. The number of halogens is 1. The van der Waals surface area contributed by atoms with Gasteiger partial charge in [-0.1, -0.05) is 11.6 Å². The molecule has 23 heavy (non-hydrogen) atoms. The van der Waals surface area contributed by atoms with Gasteiger partial charge in [-0.25, -0.2) is 9.97 Å². The Bertz CT molecular complexity index is 536. The maximum absolute atomic E-state index is 12.1. The number of carbonyl (C=O) groups excluding carboxylic acids is 1. The van der Waals surface area contributed by atoms with Gasteiger partial charge in [-0.2, -0.15) is 0 Å². The van der Waals surface area contributed by atoms with Crippen molar-refractivity contribution in [1.29, 1.82) is 0 Å². The second kappa shape index (κ2) is 8.85. The first kappa shape index (κ1) is 19.4. The maximum Gasteiger partial charge on any atom is 0.273 e. The van der Waals surface area contributed by atoms with Crippen molar-refractivity contribution in [2.24, 2.45) is 5.73 Å². The van der Waals surface area contributed by atoms with Gasteiger partial charge in [-0.05, 0) is 25.8 Å². The van der Waals surface area contributed by atoms with Crippen molar-refractivity contribution < 1.29 is 9.28 Å². The number of hydrogen-bond acceptors (Lipinski definition) is 6. The second-order valence-corrected chi connectivity index (χ2v) is 6.48. The molecular formula is C14H27ClN7O+. The quantitative estimate of drug-likeness (QED) is 0.374. The Kier molecular flexibility index (Phi) is 7.47. The van der Waals surface area contributed by atoms with E-state index in [0.717, 1.165) is 43.4 Å². The highest BCUT2D eigenvalue weighted by molar-refractivity contribution is 6.31. The van der Waals surface area contributed by atoms with Crippen LogP contribution in [0.15, 0.2) is 0 Å². The number of rotatable bonds is 9. The topological polar surface area (TPSA) is 133 Å². The number of nitrogens with zero attached hydrogens (tertiary/aromatic N) is 3. The molecule has 1 amide bonds. The first-order chi connectivity index (χ1) is 10.8. The van der Waals surface area contributed by atoms with Crippen molar-refractivity contribution in [2.45, 2.75) is 19.3 Å². The highest BCUT2D eigenvalue weighted by Gasteiger charge is 2.18. The van der Waals surface area contributed by atoms with Crippen LogP contribution in [0.25, 0.3) is 0 Å². The number of nitrogen functional groups attached to an aromatic ring is 2. The summed E-state index contributed by atoms with van der Waals surface area (Å²) in [5, 5.41) is 2.76. The highest BCUT2D eigenvalue weighted by atomic mass is 35.5. The van der Waals surface area contributed by atoms with Gasteiger partial charge in [0.15, 0.2) is 22.5 Å². The molecule has 0 spiro atoms. The molecule has 1 heterocycles. The van der Waals surface area contributed by atoms with Gasteiger partial charge in [0.1, 0.15) is 0 Å². The average Bonchev–Trinajstić information content (AvgIpc) is 2.47. The number of hydrogen-bond donors (Lipinski definition) is 4. The summed E-state index contributed by atoms with van der Waals surface area (Å²) in [7, 11) is 4.26. The van der Waals surface area contributed by atoms with Crippen molar-refractivity contribution in [3.63, 3.8) is 0 Å². The minimum Gasteiger partial charge on any atom is -0.382 e. The maximum atomic E-state index is 12.1. The van der Waals surface area contributed by atoms with E-state index in [0.29, 0.717) is 6.54 Å². The van der Waals surface area contributed by atoms with E-state index in [9.17, 15) is 4.79 Å². The summed E-state index contributed by atoms with van der Waals surface area (Å²) in [6.07, 6.45) is 3.29. The Balaban J connectivity index is 2.46. The van der Waals surface area contributed by atoms with Crippen molar-refractivity contribution in [1.82, 2.24) is 15.3 Å². The van der Waals surface area contributed by atoms with Gasteiger partial charge in [0.2, 0.25) is 0 Å². The summed E-state index contributed by atoms with van der Waals surface area (Å²) < 4.78 is 0.814. The van der Waals surface area contributed by atoms with Gasteiger partial charge < -0.3 is 27.0 Å². The predicted octanol–water partition coefficient (Wildman–Crippen LogP) is 0.230. The number of unbranched alkanes of at least 4 members (excludes halogenated alkanes) is 2. The predicted molar refractivity (Wildman–Crippen MR) is 92.9 cm³/mol. The zero-order valence-corrected chi connectivity index (χ0v) is 14.6. The van der Waals surface area contributed by atoms with Crippen LogP contribution in [0.2, 0.25) is 5.15 Å². The fourth-order valence-electron chi connectivity index (χ4n) is 2.14. The lowest BCUT2D eigenvalue weighted by Crippen LogP contribution is -2.46. The molecule has 0 radical (unpaired) electrons. The largest absolute Gasteiger partial charge is 0.382 e. The summed E-state index contributed by atoms with van der Waals surface area (Å²) in [5.74, 6) is -0.420. The normalized spacial score (nSPS) is 11.5. The van der Waals surface area contributed by atoms with Crippen molar-refractivity contribution >= 4 is 29.1 Å². The van der Waals surface area contributed by atoms with Crippen molar-refractivity contribution in [2.75, 3.05) is 51.7 Å². The van der Waals surface area contributed by atoms with Crippen molar-refractivity contribution in [3.8, 4) is 0 Å². The van der Waals surface area contributed by atoms with Gasteiger partial charge in [0, 0.05) is 0 Å². The molecule has 0 aliphatic heterocycles. The molecule has 8 nitrogen and oxygen atoms in total. The standard InChI is InChI=1S/C14H26ClN7O/c1-22(2,8-5-3-4-6-16)9-7-19-14(23)10-12(17)21-13(18)11(15)20-10/h3-9,16H2,1-2H3,(H4-,17,18,19,21,23)/p+1. The van der Waals surface area contributed by atoms with Crippen molar-refractivity contribution in [3.05, 3.63) is 10.8 Å². The lowest BCUT2D eigenvalue weighted by Gasteiger charge is -2.29.